The van der Waals surface area contributed by atoms with Crippen LogP contribution in [0.2, 0.25) is 0 Å². The van der Waals surface area contributed by atoms with Crippen LogP contribution in [0, 0.1) is 0 Å². The van der Waals surface area contributed by atoms with Gasteiger partial charge in [0.05, 0.1) is 0 Å². The molecule has 5 heteroatoms. The average Bonchev–Trinajstić information content (AvgIpc) is 3.43. The van der Waals surface area contributed by atoms with Gasteiger partial charge in [-0.2, -0.15) is 0 Å². The molecule has 0 aromatic heterocycles. The van der Waals surface area contributed by atoms with Gasteiger partial charge in [0, 0.05) is 37.3 Å². The molecule has 0 spiro atoms. The van der Waals surface area contributed by atoms with E-state index < -0.39 is 0 Å². The van der Waals surface area contributed by atoms with Gasteiger partial charge in [-0.1, -0.05) is 18.2 Å². The van der Waals surface area contributed by atoms with Gasteiger partial charge in [0.15, 0.2) is 0 Å². The molecular formula is C25H31N3O2. The molecule has 2 amide bonds. The average molecular weight is 406 g/mol. The second-order valence-corrected chi connectivity index (χ2v) is 8.48. The van der Waals surface area contributed by atoms with E-state index in [1.807, 2.05) is 35.2 Å². The fourth-order valence-corrected chi connectivity index (χ4v) is 4.58. The van der Waals surface area contributed by atoms with Crippen molar-refractivity contribution in [3.63, 3.8) is 0 Å². The maximum atomic E-state index is 12.5. The summed E-state index contributed by atoms with van der Waals surface area (Å²) < 4.78 is 0. The molecule has 1 fully saturated rings. The second kappa shape index (κ2) is 9.00. The molecule has 4 rings (SSSR count). The van der Waals surface area contributed by atoms with Crippen molar-refractivity contribution in [1.29, 1.82) is 0 Å². The van der Waals surface area contributed by atoms with Crippen LogP contribution in [-0.4, -0.2) is 48.9 Å². The Balaban J connectivity index is 1.35. The molecule has 0 radical (unpaired) electrons. The minimum absolute atomic E-state index is 0.0128. The Hall–Kier alpha value is -2.66. The van der Waals surface area contributed by atoms with Crippen LogP contribution in [0.15, 0.2) is 42.5 Å². The summed E-state index contributed by atoms with van der Waals surface area (Å²) in [5, 5.41) is 3.06. The van der Waals surface area contributed by atoms with Gasteiger partial charge in [0.1, 0.15) is 0 Å². The molecule has 158 valence electrons. The molecule has 2 aromatic carbocycles. The summed E-state index contributed by atoms with van der Waals surface area (Å²) in [5.74, 6) is 0.0768. The topological polar surface area (TPSA) is 52.7 Å². The van der Waals surface area contributed by atoms with Crippen molar-refractivity contribution < 1.29 is 9.59 Å². The van der Waals surface area contributed by atoms with Gasteiger partial charge < -0.3 is 15.1 Å². The van der Waals surface area contributed by atoms with Crippen molar-refractivity contribution in [2.24, 2.45) is 0 Å². The number of hydrogen-bond acceptors (Lipinski definition) is 3. The summed E-state index contributed by atoms with van der Waals surface area (Å²) in [6, 6.07) is 14.5. The van der Waals surface area contributed by atoms with Gasteiger partial charge in [-0.3, -0.25) is 9.59 Å². The molecule has 1 saturated heterocycles. The zero-order chi connectivity index (χ0) is 21.1. The number of amides is 2. The Morgan fingerprint density at radius 3 is 2.40 bits per heavy atom. The van der Waals surface area contributed by atoms with Gasteiger partial charge in [0.2, 0.25) is 5.91 Å². The standard InChI is InChI=1S/C25H31N3O2/c1-18(27-14-3-4-15-27)11-13-26-25(30)21-7-5-20(6-8-21)22-9-10-24-23(17-22)12-16-28(24)19(2)29/h5-10,17-18H,3-4,11-16H2,1-2H3,(H,26,30). The monoisotopic (exact) mass is 405 g/mol. The lowest BCUT2D eigenvalue weighted by molar-refractivity contribution is -0.116. The summed E-state index contributed by atoms with van der Waals surface area (Å²) in [4.78, 5) is 28.6. The predicted molar refractivity (Wildman–Crippen MR) is 121 cm³/mol. The Labute approximate surface area is 179 Å². The number of fused-ring (bicyclic) bond motifs is 1. The van der Waals surface area contributed by atoms with Gasteiger partial charge in [-0.15, -0.1) is 0 Å². The third-order valence-electron chi connectivity index (χ3n) is 6.45. The molecule has 30 heavy (non-hydrogen) atoms. The van der Waals surface area contributed by atoms with Crippen LogP contribution in [-0.2, 0) is 11.2 Å². The summed E-state index contributed by atoms with van der Waals surface area (Å²) in [6.07, 6.45) is 4.46. The molecule has 5 nitrogen and oxygen atoms in total. The van der Waals surface area contributed by atoms with Crippen molar-refractivity contribution >= 4 is 17.5 Å². The predicted octanol–water partition coefficient (Wildman–Crippen LogP) is 3.87. The van der Waals surface area contributed by atoms with Crippen LogP contribution in [0.25, 0.3) is 11.1 Å². The molecule has 2 heterocycles. The number of nitrogens with zero attached hydrogens (tertiary/aromatic N) is 2. The van der Waals surface area contributed by atoms with Crippen molar-refractivity contribution in [3.8, 4) is 11.1 Å². The first-order valence-corrected chi connectivity index (χ1v) is 11.1. The molecule has 2 aromatic rings. The highest BCUT2D eigenvalue weighted by Crippen LogP contribution is 2.32. The summed E-state index contributed by atoms with van der Waals surface area (Å²) >= 11 is 0. The van der Waals surface area contributed by atoms with E-state index in [2.05, 4.69) is 29.3 Å². The van der Waals surface area contributed by atoms with Crippen molar-refractivity contribution in [2.45, 2.75) is 45.6 Å². The highest BCUT2D eigenvalue weighted by molar-refractivity contribution is 5.95. The number of nitrogens with one attached hydrogen (secondary N) is 1. The van der Waals surface area contributed by atoms with E-state index in [0.717, 1.165) is 36.2 Å². The molecule has 2 aliphatic heterocycles. The SMILES string of the molecule is CC(=O)N1CCc2cc(-c3ccc(C(=O)NCCC(C)N4CCCC4)cc3)ccc21. The number of carbonyl (C=O) groups excluding carboxylic acids is 2. The van der Waals surface area contributed by atoms with Gasteiger partial charge in [-0.25, -0.2) is 0 Å². The Morgan fingerprint density at radius 2 is 1.70 bits per heavy atom. The summed E-state index contributed by atoms with van der Waals surface area (Å²) in [5.41, 5.74) is 5.11. The first-order valence-electron chi connectivity index (χ1n) is 11.1. The van der Waals surface area contributed by atoms with E-state index >= 15 is 0 Å². The normalized spacial score (nSPS) is 17.1. The number of anilines is 1. The Morgan fingerprint density at radius 1 is 1.00 bits per heavy atom. The highest BCUT2D eigenvalue weighted by Gasteiger charge is 2.22. The van der Waals surface area contributed by atoms with Crippen molar-refractivity contribution in [1.82, 2.24) is 10.2 Å². The van der Waals surface area contributed by atoms with E-state index in [4.69, 9.17) is 0 Å². The van der Waals surface area contributed by atoms with Crippen LogP contribution in [0.5, 0.6) is 0 Å². The lowest BCUT2D eigenvalue weighted by atomic mass is 10.0. The number of benzene rings is 2. The minimum atomic E-state index is -0.0128. The molecule has 1 N–H and O–H groups in total. The molecule has 1 unspecified atom stereocenters. The van der Waals surface area contributed by atoms with Crippen LogP contribution >= 0.6 is 0 Å². The smallest absolute Gasteiger partial charge is 0.251 e. The third kappa shape index (κ3) is 4.41. The first-order chi connectivity index (χ1) is 14.5. The highest BCUT2D eigenvalue weighted by atomic mass is 16.2. The second-order valence-electron chi connectivity index (χ2n) is 8.48. The summed E-state index contributed by atoms with van der Waals surface area (Å²) in [7, 11) is 0. The lowest BCUT2D eigenvalue weighted by Crippen LogP contribution is -2.34. The Kier molecular flexibility index (Phi) is 6.18. The Bertz CT molecular complexity index is 916. The number of likely N-dealkylation sites (tertiary alicyclic amines) is 1. The van der Waals surface area contributed by atoms with Gasteiger partial charge in [-0.05, 0) is 86.7 Å². The number of carbonyl (C=O) groups is 2. The molecule has 0 bridgehead atoms. The largest absolute Gasteiger partial charge is 0.352 e. The van der Waals surface area contributed by atoms with E-state index in [0.29, 0.717) is 18.2 Å². The lowest BCUT2D eigenvalue weighted by Gasteiger charge is -2.23. The van der Waals surface area contributed by atoms with Crippen LogP contribution in [0.4, 0.5) is 5.69 Å². The fourth-order valence-electron chi connectivity index (χ4n) is 4.58. The molecular weight excluding hydrogens is 374 g/mol. The molecule has 0 aliphatic carbocycles. The van der Waals surface area contributed by atoms with E-state index in [-0.39, 0.29) is 11.8 Å². The van der Waals surface area contributed by atoms with E-state index in [1.54, 1.807) is 6.92 Å². The van der Waals surface area contributed by atoms with Crippen LogP contribution in [0.1, 0.15) is 49.0 Å². The quantitative estimate of drug-likeness (QED) is 0.794. The fraction of sp³-hybridized carbons (Fsp3) is 0.440. The number of rotatable bonds is 6. The molecule has 2 aliphatic rings. The van der Waals surface area contributed by atoms with E-state index in [9.17, 15) is 9.59 Å². The molecule has 0 saturated carbocycles. The van der Waals surface area contributed by atoms with Crippen molar-refractivity contribution in [2.75, 3.05) is 31.1 Å². The summed E-state index contributed by atoms with van der Waals surface area (Å²) in [6.45, 7) is 7.69. The first kappa shape index (κ1) is 20.6. The maximum Gasteiger partial charge on any atom is 0.251 e. The van der Waals surface area contributed by atoms with E-state index in [1.165, 1.54) is 31.5 Å². The van der Waals surface area contributed by atoms with Crippen LogP contribution in [0.3, 0.4) is 0 Å². The molecule has 1 atom stereocenters. The zero-order valence-corrected chi connectivity index (χ0v) is 18.0. The number of hydrogen-bond donors (Lipinski definition) is 1. The maximum absolute atomic E-state index is 12.5. The van der Waals surface area contributed by atoms with Gasteiger partial charge in [0.25, 0.3) is 5.91 Å². The minimum Gasteiger partial charge on any atom is -0.352 e. The van der Waals surface area contributed by atoms with Crippen molar-refractivity contribution in [3.05, 3.63) is 53.6 Å². The third-order valence-corrected chi connectivity index (χ3v) is 6.45. The van der Waals surface area contributed by atoms with Gasteiger partial charge >= 0.3 is 0 Å². The van der Waals surface area contributed by atoms with Crippen LogP contribution < -0.4 is 10.2 Å². The zero-order valence-electron chi connectivity index (χ0n) is 18.0.